The number of hydrogen-bond acceptors (Lipinski definition) is 3. The highest BCUT2D eigenvalue weighted by Crippen LogP contribution is 2.22. The van der Waals surface area contributed by atoms with Crippen LogP contribution in [0.5, 0.6) is 0 Å². The lowest BCUT2D eigenvalue weighted by molar-refractivity contribution is -0.118. The van der Waals surface area contributed by atoms with Crippen LogP contribution in [0.25, 0.3) is 0 Å². The first kappa shape index (κ1) is 15.5. The van der Waals surface area contributed by atoms with Gasteiger partial charge in [0.05, 0.1) is 6.54 Å². The number of imide groups is 1. The molecule has 104 valence electrons. The Morgan fingerprint density at radius 2 is 2.05 bits per heavy atom. The van der Waals surface area contributed by atoms with Crippen LogP contribution in [0, 0.1) is 6.92 Å². The Labute approximate surface area is 121 Å². The second-order valence-corrected chi connectivity index (χ2v) is 5.00. The van der Waals surface area contributed by atoms with Gasteiger partial charge in [-0.2, -0.15) is 0 Å². The number of hydrogen-bond donors (Lipinski definition) is 3. The van der Waals surface area contributed by atoms with Crippen LogP contribution < -0.4 is 16.0 Å². The maximum Gasteiger partial charge on any atom is 0.321 e. The molecular formula is C13H18BrN3O2. The molecule has 1 aromatic rings. The molecule has 1 rings (SSSR count). The number of anilines is 1. The first-order valence-corrected chi connectivity index (χ1v) is 6.90. The van der Waals surface area contributed by atoms with Crippen LogP contribution in [-0.2, 0) is 4.79 Å². The molecule has 19 heavy (non-hydrogen) atoms. The summed E-state index contributed by atoms with van der Waals surface area (Å²) in [5, 5.41) is 7.78. The van der Waals surface area contributed by atoms with Crippen molar-refractivity contribution in [3.63, 3.8) is 0 Å². The molecule has 3 N–H and O–H groups in total. The normalized spacial score (nSPS) is 9.84. The summed E-state index contributed by atoms with van der Waals surface area (Å²) in [6.07, 6.45) is 0.830. The van der Waals surface area contributed by atoms with E-state index in [2.05, 4.69) is 31.9 Å². The zero-order valence-corrected chi connectivity index (χ0v) is 12.6. The largest absolute Gasteiger partial charge is 0.375 e. The standard InChI is InChI=1S/C13H18BrN3O2/c1-3-6-15-13(19)17-12(18)8-16-11-5-4-9(2)7-10(11)14/h4-5,7,16H,3,6,8H2,1-2H3,(H2,15,17,18,19). The van der Waals surface area contributed by atoms with Gasteiger partial charge in [-0.1, -0.05) is 13.0 Å². The number of urea groups is 1. The van der Waals surface area contributed by atoms with Gasteiger partial charge < -0.3 is 10.6 Å². The van der Waals surface area contributed by atoms with Gasteiger partial charge in [0.15, 0.2) is 0 Å². The Hall–Kier alpha value is -1.56. The van der Waals surface area contributed by atoms with Crippen LogP contribution in [0.1, 0.15) is 18.9 Å². The van der Waals surface area contributed by atoms with Gasteiger partial charge in [-0.25, -0.2) is 4.79 Å². The highest BCUT2D eigenvalue weighted by atomic mass is 79.9. The van der Waals surface area contributed by atoms with Crippen molar-refractivity contribution in [1.29, 1.82) is 0 Å². The van der Waals surface area contributed by atoms with E-state index >= 15 is 0 Å². The van der Waals surface area contributed by atoms with Gasteiger partial charge in [0.25, 0.3) is 0 Å². The second kappa shape index (κ2) is 7.78. The Kier molecular flexibility index (Phi) is 6.35. The summed E-state index contributed by atoms with van der Waals surface area (Å²) in [6, 6.07) is 5.31. The van der Waals surface area contributed by atoms with E-state index in [4.69, 9.17) is 0 Å². The summed E-state index contributed by atoms with van der Waals surface area (Å²) in [4.78, 5) is 22.8. The van der Waals surface area contributed by atoms with Crippen molar-refractivity contribution in [2.24, 2.45) is 0 Å². The van der Waals surface area contributed by atoms with Crippen LogP contribution in [-0.4, -0.2) is 25.0 Å². The third-order valence-corrected chi connectivity index (χ3v) is 3.01. The smallest absolute Gasteiger partial charge is 0.321 e. The molecule has 0 fully saturated rings. The number of aryl methyl sites for hydroxylation is 1. The maximum atomic E-state index is 11.5. The van der Waals surface area contributed by atoms with Gasteiger partial charge in [0.2, 0.25) is 5.91 Å². The molecule has 0 atom stereocenters. The number of nitrogens with one attached hydrogen (secondary N) is 3. The quantitative estimate of drug-likeness (QED) is 0.777. The molecule has 6 heteroatoms. The Balaban J connectivity index is 2.39. The van der Waals surface area contributed by atoms with Crippen molar-refractivity contribution in [1.82, 2.24) is 10.6 Å². The third kappa shape index (κ3) is 5.74. The summed E-state index contributed by atoms with van der Waals surface area (Å²) < 4.78 is 0.885. The Morgan fingerprint density at radius 3 is 2.68 bits per heavy atom. The van der Waals surface area contributed by atoms with Crippen molar-refractivity contribution in [3.8, 4) is 0 Å². The molecule has 0 bridgehead atoms. The minimum absolute atomic E-state index is 0.0429. The van der Waals surface area contributed by atoms with Crippen molar-refractivity contribution in [3.05, 3.63) is 28.2 Å². The van der Waals surface area contributed by atoms with E-state index in [-0.39, 0.29) is 12.5 Å². The number of amides is 3. The number of halogens is 1. The van der Waals surface area contributed by atoms with Crippen molar-refractivity contribution in [2.45, 2.75) is 20.3 Å². The number of benzene rings is 1. The molecule has 0 aromatic heterocycles. The first-order valence-electron chi connectivity index (χ1n) is 6.10. The fourth-order valence-corrected chi connectivity index (χ4v) is 2.03. The van der Waals surface area contributed by atoms with Gasteiger partial charge in [-0.15, -0.1) is 0 Å². The number of carbonyl (C=O) groups excluding carboxylic acids is 2. The number of carbonyl (C=O) groups is 2. The van der Waals surface area contributed by atoms with Gasteiger partial charge >= 0.3 is 6.03 Å². The lowest BCUT2D eigenvalue weighted by Gasteiger charge is -2.09. The molecule has 0 heterocycles. The molecule has 0 unspecified atom stereocenters. The predicted octanol–water partition coefficient (Wildman–Crippen LogP) is 2.41. The third-order valence-electron chi connectivity index (χ3n) is 2.35. The highest BCUT2D eigenvalue weighted by molar-refractivity contribution is 9.10. The maximum absolute atomic E-state index is 11.5. The second-order valence-electron chi connectivity index (χ2n) is 4.14. The minimum Gasteiger partial charge on any atom is -0.375 e. The molecule has 0 aliphatic rings. The van der Waals surface area contributed by atoms with Gasteiger partial charge in [-0.05, 0) is 47.0 Å². The Bertz CT molecular complexity index is 463. The van der Waals surface area contributed by atoms with E-state index in [1.165, 1.54) is 0 Å². The van der Waals surface area contributed by atoms with Crippen LogP contribution in [0.15, 0.2) is 22.7 Å². The number of rotatable bonds is 5. The zero-order chi connectivity index (χ0) is 14.3. The molecule has 0 spiro atoms. The summed E-state index contributed by atoms with van der Waals surface area (Å²) in [6.45, 7) is 4.52. The summed E-state index contributed by atoms with van der Waals surface area (Å²) in [5.74, 6) is -0.374. The lowest BCUT2D eigenvalue weighted by atomic mass is 10.2. The highest BCUT2D eigenvalue weighted by Gasteiger charge is 2.07. The van der Waals surface area contributed by atoms with Crippen molar-refractivity contribution in [2.75, 3.05) is 18.4 Å². The predicted molar refractivity (Wildman–Crippen MR) is 79.2 cm³/mol. The summed E-state index contributed by atoms with van der Waals surface area (Å²) in [5.41, 5.74) is 1.94. The van der Waals surface area contributed by atoms with Gasteiger partial charge in [-0.3, -0.25) is 10.1 Å². The summed E-state index contributed by atoms with van der Waals surface area (Å²) >= 11 is 3.41. The first-order chi connectivity index (χ1) is 9.02. The average Bonchev–Trinajstić information content (AvgIpc) is 2.35. The fraction of sp³-hybridized carbons (Fsp3) is 0.385. The van der Waals surface area contributed by atoms with Crippen LogP contribution in [0.3, 0.4) is 0 Å². The topological polar surface area (TPSA) is 70.2 Å². The molecule has 0 radical (unpaired) electrons. The summed E-state index contributed by atoms with van der Waals surface area (Å²) in [7, 11) is 0. The Morgan fingerprint density at radius 1 is 1.32 bits per heavy atom. The average molecular weight is 328 g/mol. The molecule has 0 saturated heterocycles. The van der Waals surface area contributed by atoms with E-state index in [1.807, 2.05) is 32.0 Å². The van der Waals surface area contributed by atoms with Gasteiger partial charge in [0, 0.05) is 16.7 Å². The van der Waals surface area contributed by atoms with E-state index in [0.717, 1.165) is 22.1 Å². The minimum atomic E-state index is -0.461. The van der Waals surface area contributed by atoms with Crippen molar-refractivity contribution < 1.29 is 9.59 Å². The molecule has 0 aliphatic carbocycles. The zero-order valence-electron chi connectivity index (χ0n) is 11.0. The molecular weight excluding hydrogens is 310 g/mol. The van der Waals surface area contributed by atoms with E-state index in [0.29, 0.717) is 6.54 Å². The van der Waals surface area contributed by atoms with Crippen LogP contribution in [0.2, 0.25) is 0 Å². The van der Waals surface area contributed by atoms with Gasteiger partial charge in [0.1, 0.15) is 0 Å². The molecule has 0 saturated carbocycles. The van der Waals surface area contributed by atoms with E-state index in [1.54, 1.807) is 0 Å². The molecule has 5 nitrogen and oxygen atoms in total. The fourth-order valence-electron chi connectivity index (χ4n) is 1.39. The SMILES string of the molecule is CCCNC(=O)NC(=O)CNc1ccc(C)cc1Br. The van der Waals surface area contributed by atoms with E-state index in [9.17, 15) is 9.59 Å². The molecule has 1 aromatic carbocycles. The molecule has 3 amide bonds. The van der Waals surface area contributed by atoms with Crippen LogP contribution >= 0.6 is 15.9 Å². The van der Waals surface area contributed by atoms with Crippen LogP contribution in [0.4, 0.5) is 10.5 Å². The lowest BCUT2D eigenvalue weighted by Crippen LogP contribution is -2.42. The molecule has 0 aliphatic heterocycles. The van der Waals surface area contributed by atoms with Crippen molar-refractivity contribution >= 4 is 33.6 Å². The monoisotopic (exact) mass is 327 g/mol. The van der Waals surface area contributed by atoms with E-state index < -0.39 is 6.03 Å².